The lowest BCUT2D eigenvalue weighted by molar-refractivity contribution is 0.244. The smallest absolute Gasteiger partial charge is 0.0764 e. The molecule has 0 amide bonds. The summed E-state index contributed by atoms with van der Waals surface area (Å²) in [6, 6.07) is 6.07. The molecule has 0 bridgehead atoms. The van der Waals surface area contributed by atoms with Crippen molar-refractivity contribution >= 4 is 28.1 Å². The molecule has 0 radical (unpaired) electrons. The van der Waals surface area contributed by atoms with E-state index in [1.165, 1.54) is 5.22 Å². The average molecular weight is 225 g/mol. The molecule has 12 heavy (non-hydrogen) atoms. The minimum Gasteiger partial charge on any atom is -0.389 e. The van der Waals surface area contributed by atoms with Crippen molar-refractivity contribution in [2.75, 3.05) is 0 Å². The predicted molar refractivity (Wildman–Crippen MR) is 52.9 cm³/mol. The predicted octanol–water partition coefficient (Wildman–Crippen LogP) is 0.775. The lowest BCUT2D eigenvalue weighted by Crippen LogP contribution is -2.30. The molecule has 2 rings (SSSR count). The first-order chi connectivity index (χ1) is 5.75. The lowest BCUT2D eigenvalue weighted by atomic mass is 10.1. The fourth-order valence-corrected chi connectivity index (χ4v) is 1.78. The van der Waals surface area contributed by atoms with Gasteiger partial charge in [0.15, 0.2) is 0 Å². The zero-order chi connectivity index (χ0) is 8.55. The fraction of sp³-hybridized carbons (Fsp3) is 0.200. The molecule has 2 heteroatoms. The van der Waals surface area contributed by atoms with Crippen molar-refractivity contribution in [3.05, 3.63) is 33.1 Å². The van der Waals surface area contributed by atoms with Crippen LogP contribution in [0.2, 0.25) is 0 Å². The summed E-state index contributed by atoms with van der Waals surface area (Å²) in [7, 11) is 0. The first kappa shape index (κ1) is 8.02. The van der Waals surface area contributed by atoms with Gasteiger partial charge in [-0.3, -0.25) is 0 Å². The summed E-state index contributed by atoms with van der Waals surface area (Å²) in [6.45, 7) is 0. The van der Waals surface area contributed by atoms with E-state index in [1.54, 1.807) is 0 Å². The number of rotatable bonds is 0. The second-order valence-corrected chi connectivity index (χ2v) is 3.86. The van der Waals surface area contributed by atoms with Gasteiger partial charge in [-0.2, -0.15) is 0 Å². The Morgan fingerprint density at radius 1 is 1.33 bits per heavy atom. The monoisotopic (exact) mass is 224 g/mol. The van der Waals surface area contributed by atoms with Crippen LogP contribution in [0.1, 0.15) is 6.42 Å². The first-order valence-corrected chi connectivity index (χ1v) is 4.71. The standard InChI is InChI=1S/C10H9BrO/c11-9-3-1-8-6-10(12)4-2-7(8)5-9/h1-3,5-6,10,12H,4H2. The van der Waals surface area contributed by atoms with Crippen molar-refractivity contribution in [3.63, 3.8) is 0 Å². The van der Waals surface area contributed by atoms with Crippen LogP contribution in [0, 0.1) is 0 Å². The number of aliphatic hydroxyl groups is 1. The number of halogens is 1. The van der Waals surface area contributed by atoms with E-state index in [1.807, 2.05) is 18.2 Å². The Labute approximate surface area is 79.2 Å². The third kappa shape index (κ3) is 1.45. The van der Waals surface area contributed by atoms with Gasteiger partial charge in [-0.15, -0.1) is 0 Å². The zero-order valence-electron chi connectivity index (χ0n) is 6.50. The molecule has 1 nitrogen and oxygen atoms in total. The SMILES string of the molecule is OC1C=c2ccc(Br)cc2=CC1. The van der Waals surface area contributed by atoms with Gasteiger partial charge in [0.2, 0.25) is 0 Å². The van der Waals surface area contributed by atoms with Gasteiger partial charge in [0.1, 0.15) is 0 Å². The number of hydrogen-bond acceptors (Lipinski definition) is 1. The van der Waals surface area contributed by atoms with E-state index in [4.69, 9.17) is 0 Å². The van der Waals surface area contributed by atoms with Crippen LogP contribution in [-0.4, -0.2) is 11.2 Å². The highest BCUT2D eigenvalue weighted by Crippen LogP contribution is 2.04. The second kappa shape index (κ2) is 3.04. The molecule has 0 saturated carbocycles. The van der Waals surface area contributed by atoms with Gasteiger partial charge in [0.25, 0.3) is 0 Å². The molecule has 0 fully saturated rings. The minimum atomic E-state index is -0.307. The Hall–Kier alpha value is -0.600. The maximum absolute atomic E-state index is 9.33. The molecule has 1 aromatic carbocycles. The maximum Gasteiger partial charge on any atom is 0.0764 e. The molecule has 1 aliphatic rings. The lowest BCUT2D eigenvalue weighted by Gasteiger charge is -2.06. The Balaban J connectivity index is 2.71. The Morgan fingerprint density at radius 3 is 3.00 bits per heavy atom. The van der Waals surface area contributed by atoms with Crippen LogP contribution in [0.25, 0.3) is 12.2 Å². The van der Waals surface area contributed by atoms with E-state index in [9.17, 15) is 5.11 Å². The number of aliphatic hydroxyl groups excluding tert-OH is 1. The fourth-order valence-electron chi connectivity index (χ4n) is 1.40. The molecule has 0 spiro atoms. The first-order valence-electron chi connectivity index (χ1n) is 3.91. The third-order valence-electron chi connectivity index (χ3n) is 2.00. The van der Waals surface area contributed by atoms with Gasteiger partial charge in [-0.1, -0.05) is 28.1 Å². The highest BCUT2D eigenvalue weighted by Gasteiger charge is 2.01. The highest BCUT2D eigenvalue weighted by atomic mass is 79.9. The Kier molecular flexibility index (Phi) is 2.03. The van der Waals surface area contributed by atoms with Gasteiger partial charge in [0.05, 0.1) is 6.10 Å². The summed E-state index contributed by atoms with van der Waals surface area (Å²) in [5.74, 6) is 0. The number of benzene rings is 1. The zero-order valence-corrected chi connectivity index (χ0v) is 8.08. The molecule has 1 N–H and O–H groups in total. The second-order valence-electron chi connectivity index (χ2n) is 2.95. The molecule has 1 unspecified atom stereocenters. The molecule has 1 aliphatic carbocycles. The number of hydrogen-bond donors (Lipinski definition) is 1. The summed E-state index contributed by atoms with van der Waals surface area (Å²) in [6.07, 6.45) is 4.37. The largest absolute Gasteiger partial charge is 0.389 e. The van der Waals surface area contributed by atoms with Crippen molar-refractivity contribution in [2.24, 2.45) is 0 Å². The van der Waals surface area contributed by atoms with E-state index in [-0.39, 0.29) is 6.10 Å². The van der Waals surface area contributed by atoms with E-state index < -0.39 is 0 Å². The van der Waals surface area contributed by atoms with Crippen LogP contribution >= 0.6 is 15.9 Å². The average Bonchev–Trinajstić information content (AvgIpc) is 2.05. The molecule has 0 aromatic heterocycles. The number of fused-ring (bicyclic) bond motifs is 1. The van der Waals surface area contributed by atoms with Crippen molar-refractivity contribution in [3.8, 4) is 0 Å². The summed E-state index contributed by atoms with van der Waals surface area (Å²) >= 11 is 3.41. The van der Waals surface area contributed by atoms with Crippen LogP contribution in [0.3, 0.4) is 0 Å². The molecule has 1 atom stereocenters. The van der Waals surface area contributed by atoms with Crippen LogP contribution in [-0.2, 0) is 0 Å². The minimum absolute atomic E-state index is 0.307. The normalized spacial score (nSPS) is 20.7. The topological polar surface area (TPSA) is 20.2 Å². The maximum atomic E-state index is 9.33. The van der Waals surface area contributed by atoms with E-state index in [0.717, 1.165) is 16.1 Å². The van der Waals surface area contributed by atoms with Crippen LogP contribution in [0.4, 0.5) is 0 Å². The molecule has 0 heterocycles. The van der Waals surface area contributed by atoms with E-state index in [2.05, 4.69) is 28.1 Å². The Morgan fingerprint density at radius 2 is 2.17 bits per heavy atom. The van der Waals surface area contributed by atoms with Crippen LogP contribution in [0.5, 0.6) is 0 Å². The van der Waals surface area contributed by atoms with Crippen LogP contribution in [0.15, 0.2) is 22.7 Å². The summed E-state index contributed by atoms with van der Waals surface area (Å²) < 4.78 is 1.09. The van der Waals surface area contributed by atoms with E-state index in [0.29, 0.717) is 0 Å². The summed E-state index contributed by atoms with van der Waals surface area (Å²) in [4.78, 5) is 0. The van der Waals surface area contributed by atoms with Gasteiger partial charge in [-0.25, -0.2) is 0 Å². The van der Waals surface area contributed by atoms with Gasteiger partial charge >= 0.3 is 0 Å². The van der Waals surface area contributed by atoms with Crippen molar-refractivity contribution in [2.45, 2.75) is 12.5 Å². The quantitative estimate of drug-likeness (QED) is 0.691. The molecule has 62 valence electrons. The third-order valence-corrected chi connectivity index (χ3v) is 2.49. The molecule has 0 saturated heterocycles. The molecule has 1 aromatic rings. The molecule has 0 aliphatic heterocycles. The van der Waals surface area contributed by atoms with Crippen molar-refractivity contribution < 1.29 is 5.11 Å². The van der Waals surface area contributed by atoms with Crippen molar-refractivity contribution in [1.82, 2.24) is 0 Å². The summed E-state index contributed by atoms with van der Waals surface area (Å²) in [5, 5.41) is 11.7. The van der Waals surface area contributed by atoms with Gasteiger partial charge < -0.3 is 5.11 Å². The van der Waals surface area contributed by atoms with Crippen molar-refractivity contribution in [1.29, 1.82) is 0 Å². The Bertz CT molecular complexity index is 408. The van der Waals surface area contributed by atoms with E-state index >= 15 is 0 Å². The molecular weight excluding hydrogens is 216 g/mol. The summed E-state index contributed by atoms with van der Waals surface area (Å²) in [5.41, 5.74) is 0. The van der Waals surface area contributed by atoms with Crippen LogP contribution < -0.4 is 10.4 Å². The van der Waals surface area contributed by atoms with Gasteiger partial charge in [0, 0.05) is 4.47 Å². The highest BCUT2D eigenvalue weighted by molar-refractivity contribution is 9.10. The molecular formula is C10H9BrO. The van der Waals surface area contributed by atoms with Gasteiger partial charge in [-0.05, 0) is 35.1 Å².